The predicted molar refractivity (Wildman–Crippen MR) is 47.1 cm³/mol. The lowest BCUT2D eigenvalue weighted by molar-refractivity contribution is 0.151. The van der Waals surface area contributed by atoms with Gasteiger partial charge in [-0.2, -0.15) is 0 Å². The average Bonchev–Trinajstić information content (AvgIpc) is 2.07. The lowest BCUT2D eigenvalue weighted by Crippen LogP contribution is -2.11. The van der Waals surface area contributed by atoms with Gasteiger partial charge in [0.25, 0.3) is 0 Å². The van der Waals surface area contributed by atoms with Crippen LogP contribution in [0.15, 0.2) is 12.3 Å². The van der Waals surface area contributed by atoms with Gasteiger partial charge in [0, 0.05) is 11.2 Å². The van der Waals surface area contributed by atoms with E-state index in [0.717, 1.165) is 35.5 Å². The Kier molecular flexibility index (Phi) is 2.03. The zero-order valence-electron chi connectivity index (χ0n) is 6.63. The normalized spacial score (nSPS) is 22.0. The highest BCUT2D eigenvalue weighted by Crippen LogP contribution is 2.31. The standard InChI is InChI=1S/C9H10ClNO/c10-7-4-5-11-9-6(7)2-1-3-8(9)12/h4-5,8,12H,1-3H2. The summed E-state index contributed by atoms with van der Waals surface area (Å²) in [7, 11) is 0. The van der Waals surface area contributed by atoms with Gasteiger partial charge in [-0.25, -0.2) is 0 Å². The molecule has 1 aromatic heterocycles. The van der Waals surface area contributed by atoms with Gasteiger partial charge < -0.3 is 5.11 Å². The van der Waals surface area contributed by atoms with Crippen molar-refractivity contribution < 1.29 is 5.11 Å². The van der Waals surface area contributed by atoms with E-state index in [9.17, 15) is 5.11 Å². The van der Waals surface area contributed by atoms with Crippen molar-refractivity contribution in [3.8, 4) is 0 Å². The molecular formula is C9H10ClNO. The zero-order valence-corrected chi connectivity index (χ0v) is 7.38. The van der Waals surface area contributed by atoms with Crippen LogP contribution < -0.4 is 0 Å². The molecule has 2 nitrogen and oxygen atoms in total. The van der Waals surface area contributed by atoms with Crippen LogP contribution in [0.4, 0.5) is 0 Å². The number of fused-ring (bicyclic) bond motifs is 1. The van der Waals surface area contributed by atoms with E-state index < -0.39 is 6.10 Å². The SMILES string of the molecule is OC1CCCc2c(Cl)ccnc21. The lowest BCUT2D eigenvalue weighted by Gasteiger charge is -2.20. The minimum absolute atomic E-state index is 0.410. The van der Waals surface area contributed by atoms with Gasteiger partial charge >= 0.3 is 0 Å². The predicted octanol–water partition coefficient (Wildman–Crippen LogP) is 2.10. The van der Waals surface area contributed by atoms with E-state index in [1.54, 1.807) is 12.3 Å². The van der Waals surface area contributed by atoms with Crippen LogP contribution in [0.3, 0.4) is 0 Å². The molecule has 0 radical (unpaired) electrons. The molecule has 64 valence electrons. The fourth-order valence-corrected chi connectivity index (χ4v) is 1.88. The molecule has 3 heteroatoms. The van der Waals surface area contributed by atoms with E-state index in [0.29, 0.717) is 0 Å². The summed E-state index contributed by atoms with van der Waals surface area (Å²) in [6, 6.07) is 1.78. The van der Waals surface area contributed by atoms with E-state index in [1.165, 1.54) is 0 Å². The van der Waals surface area contributed by atoms with Gasteiger partial charge in [0.2, 0.25) is 0 Å². The second-order valence-corrected chi connectivity index (χ2v) is 3.47. The van der Waals surface area contributed by atoms with Gasteiger partial charge in [-0.15, -0.1) is 0 Å². The summed E-state index contributed by atoms with van der Waals surface area (Å²) in [5.41, 5.74) is 1.80. The molecule has 0 bridgehead atoms. The number of halogens is 1. The van der Waals surface area contributed by atoms with Gasteiger partial charge in [-0.05, 0) is 30.9 Å². The van der Waals surface area contributed by atoms with E-state index in [1.807, 2.05) is 0 Å². The Hall–Kier alpha value is -0.600. The summed E-state index contributed by atoms with van der Waals surface area (Å²) in [6.45, 7) is 0. The molecule has 0 fully saturated rings. The molecule has 1 heterocycles. The van der Waals surface area contributed by atoms with E-state index in [4.69, 9.17) is 11.6 Å². The second-order valence-electron chi connectivity index (χ2n) is 3.06. The molecule has 0 amide bonds. The molecule has 1 aliphatic rings. The number of aliphatic hydroxyl groups excluding tert-OH is 1. The first-order valence-corrected chi connectivity index (χ1v) is 4.48. The summed E-state index contributed by atoms with van der Waals surface area (Å²) in [4.78, 5) is 4.13. The molecule has 12 heavy (non-hydrogen) atoms. The van der Waals surface area contributed by atoms with Gasteiger partial charge in [0.05, 0.1) is 11.8 Å². The third-order valence-corrected chi connectivity index (χ3v) is 2.61. The minimum Gasteiger partial charge on any atom is -0.387 e. The molecule has 2 rings (SSSR count). The van der Waals surface area contributed by atoms with Crippen LogP contribution in [0.2, 0.25) is 5.02 Å². The number of pyridine rings is 1. The fourth-order valence-electron chi connectivity index (χ4n) is 1.63. The first-order valence-electron chi connectivity index (χ1n) is 4.10. The highest BCUT2D eigenvalue weighted by Gasteiger charge is 2.20. The number of aromatic nitrogens is 1. The summed E-state index contributed by atoms with van der Waals surface area (Å²) >= 11 is 5.96. The Labute approximate surface area is 76.2 Å². The third kappa shape index (κ3) is 1.21. The van der Waals surface area contributed by atoms with Crippen molar-refractivity contribution in [3.05, 3.63) is 28.5 Å². The maximum absolute atomic E-state index is 9.56. The zero-order chi connectivity index (χ0) is 8.55. The summed E-state index contributed by atoms with van der Waals surface area (Å²) in [6.07, 6.45) is 3.99. The third-order valence-electron chi connectivity index (χ3n) is 2.25. The average molecular weight is 184 g/mol. The quantitative estimate of drug-likeness (QED) is 0.668. The summed E-state index contributed by atoms with van der Waals surface area (Å²) < 4.78 is 0. The molecule has 1 atom stereocenters. The molecule has 0 spiro atoms. The molecule has 0 aromatic carbocycles. The van der Waals surface area contributed by atoms with Crippen LogP contribution >= 0.6 is 11.6 Å². The Morgan fingerprint density at radius 3 is 3.17 bits per heavy atom. The Morgan fingerprint density at radius 1 is 1.58 bits per heavy atom. The molecular weight excluding hydrogens is 174 g/mol. The van der Waals surface area contributed by atoms with Crippen LogP contribution in [0.1, 0.15) is 30.2 Å². The summed E-state index contributed by atoms with van der Waals surface area (Å²) in [5.74, 6) is 0. The molecule has 1 unspecified atom stereocenters. The minimum atomic E-state index is -0.410. The molecule has 0 saturated carbocycles. The molecule has 1 aliphatic carbocycles. The first kappa shape index (κ1) is 8.02. The maximum atomic E-state index is 9.56. The van der Waals surface area contributed by atoms with Crippen LogP contribution in [0.5, 0.6) is 0 Å². The van der Waals surface area contributed by atoms with Crippen LogP contribution in [-0.2, 0) is 6.42 Å². The Morgan fingerprint density at radius 2 is 2.42 bits per heavy atom. The van der Waals surface area contributed by atoms with E-state index in [2.05, 4.69) is 4.98 Å². The van der Waals surface area contributed by atoms with Gasteiger partial charge in [0.15, 0.2) is 0 Å². The number of hydrogen-bond acceptors (Lipinski definition) is 2. The van der Waals surface area contributed by atoms with E-state index in [-0.39, 0.29) is 0 Å². The Bertz CT molecular complexity index is 301. The number of hydrogen-bond donors (Lipinski definition) is 1. The number of nitrogens with zero attached hydrogens (tertiary/aromatic N) is 1. The van der Waals surface area contributed by atoms with Crippen molar-refractivity contribution in [2.45, 2.75) is 25.4 Å². The fraction of sp³-hybridized carbons (Fsp3) is 0.444. The molecule has 1 N–H and O–H groups in total. The van der Waals surface area contributed by atoms with Gasteiger partial charge in [-0.1, -0.05) is 11.6 Å². The summed E-state index contributed by atoms with van der Waals surface area (Å²) in [5, 5.41) is 10.3. The first-order chi connectivity index (χ1) is 5.79. The van der Waals surface area contributed by atoms with Crippen LogP contribution in [0.25, 0.3) is 0 Å². The number of aliphatic hydroxyl groups is 1. The topological polar surface area (TPSA) is 33.1 Å². The molecule has 0 aliphatic heterocycles. The highest BCUT2D eigenvalue weighted by atomic mass is 35.5. The highest BCUT2D eigenvalue weighted by molar-refractivity contribution is 6.31. The molecule has 0 saturated heterocycles. The van der Waals surface area contributed by atoms with Crippen molar-refractivity contribution >= 4 is 11.6 Å². The van der Waals surface area contributed by atoms with E-state index >= 15 is 0 Å². The van der Waals surface area contributed by atoms with Crippen LogP contribution in [0, 0.1) is 0 Å². The van der Waals surface area contributed by atoms with Crippen molar-refractivity contribution in [2.75, 3.05) is 0 Å². The Balaban J connectivity index is 2.52. The van der Waals surface area contributed by atoms with Gasteiger partial charge in [0.1, 0.15) is 0 Å². The van der Waals surface area contributed by atoms with Crippen molar-refractivity contribution in [2.24, 2.45) is 0 Å². The second kappa shape index (κ2) is 3.04. The maximum Gasteiger partial charge on any atom is 0.0963 e. The van der Waals surface area contributed by atoms with Crippen molar-refractivity contribution in [1.82, 2.24) is 4.98 Å². The van der Waals surface area contributed by atoms with Gasteiger partial charge in [-0.3, -0.25) is 4.98 Å². The number of rotatable bonds is 0. The van der Waals surface area contributed by atoms with Crippen molar-refractivity contribution in [3.63, 3.8) is 0 Å². The largest absolute Gasteiger partial charge is 0.387 e. The van der Waals surface area contributed by atoms with Crippen LogP contribution in [-0.4, -0.2) is 10.1 Å². The smallest absolute Gasteiger partial charge is 0.0963 e. The molecule has 1 aromatic rings. The monoisotopic (exact) mass is 183 g/mol. The lowest BCUT2D eigenvalue weighted by atomic mass is 9.94. The van der Waals surface area contributed by atoms with Crippen molar-refractivity contribution in [1.29, 1.82) is 0 Å².